The van der Waals surface area contributed by atoms with Crippen molar-refractivity contribution in [3.05, 3.63) is 127 Å². The molecule has 3 aromatic carbocycles. The van der Waals surface area contributed by atoms with Gasteiger partial charge in [-0.05, 0) is 128 Å². The van der Waals surface area contributed by atoms with Gasteiger partial charge in [-0.3, -0.25) is 42.2 Å². The van der Waals surface area contributed by atoms with E-state index in [4.69, 9.17) is 34.6 Å². The molecule has 9 rings (SSSR count). The molecule has 2 aliphatic carbocycles. The van der Waals surface area contributed by atoms with Gasteiger partial charge in [-0.25, -0.2) is 44.3 Å². The number of ether oxygens (including phenoxy) is 2. The first-order valence-electron chi connectivity index (χ1n) is 29.6. The van der Waals surface area contributed by atoms with E-state index in [0.717, 1.165) is 27.4 Å². The number of sulfonamides is 1. The number of esters is 1. The summed E-state index contributed by atoms with van der Waals surface area (Å²) in [5, 5.41) is 9.90. The molecule has 4 aromatic heterocycles. The molecule has 0 radical (unpaired) electrons. The molecular formula is C62H69ClF8N9O12PS. The number of aromatic nitrogens is 7. The van der Waals surface area contributed by atoms with Crippen molar-refractivity contribution in [3.8, 4) is 17.3 Å². The highest BCUT2D eigenvalue weighted by molar-refractivity contribution is 7.92. The average molecular weight is 1380 g/mol. The van der Waals surface area contributed by atoms with E-state index in [9.17, 15) is 40.1 Å². The smallest absolute Gasteiger partial charge is 0.477 e. The normalized spacial score (nSPS) is 16.1. The van der Waals surface area contributed by atoms with Crippen molar-refractivity contribution < 1.29 is 85.5 Å². The SMILES string of the molecule is Cc1cc(CC(=O)OC(C)(C)C)c(C(C)(C)CC(=O)N(c2nn(C)c3c(-n4c([C@H](Cc5cc(F)cc(F)c5)NC(=O)Cn5nc(C(F)F)c6c5C(F)(F)[C@@H]5C[C@H]65)nc5nc(OCCC(C)(F)F)ccc5c4=O)ccc(Cl)c23)S(C)(=O)=O)c(OP(=O)(OC(C)C)OC(C)C)c1. The van der Waals surface area contributed by atoms with Crippen LogP contribution in [0.25, 0.3) is 27.6 Å². The Morgan fingerprint density at radius 2 is 1.57 bits per heavy atom. The van der Waals surface area contributed by atoms with Gasteiger partial charge in [0.05, 0.1) is 64.5 Å². The molecule has 508 valence electrons. The lowest BCUT2D eigenvalue weighted by atomic mass is 9.77. The van der Waals surface area contributed by atoms with Gasteiger partial charge in [0.2, 0.25) is 33.6 Å². The van der Waals surface area contributed by atoms with Gasteiger partial charge in [-0.1, -0.05) is 31.5 Å². The monoisotopic (exact) mass is 1380 g/mol. The number of nitrogens with zero attached hydrogens (tertiary/aromatic N) is 8. The van der Waals surface area contributed by atoms with E-state index >= 15 is 27.2 Å². The highest BCUT2D eigenvalue weighted by Crippen LogP contribution is 2.68. The average Bonchev–Trinajstić information content (AvgIpc) is 1.52. The highest BCUT2D eigenvalue weighted by atomic mass is 35.5. The Bertz CT molecular complexity index is 4360. The van der Waals surface area contributed by atoms with E-state index in [1.54, 1.807) is 61.5 Å². The summed E-state index contributed by atoms with van der Waals surface area (Å²) in [5.74, 6) is -16.2. The standard InChI is InChI=1S/C62H69ClF8N9O12PS/c1-30(2)90-93(85,91-31(3)4)92-43-21-32(5)20-34(25-47(83)89-59(6,7)8)50(43)60(9,10)28-46(82)80(94(13,86)87)57-49-40(63)15-16-42(52(49)77(12)76-57)79-56(74-55-37(58(79)84)14-17-45(73-55)88-19-18-61(11,68)69)41(24-33-22-35(64)26-36(65)23-33)72-44(81)29-78-53-48(51(75-78)54(66)67)38-27-39(38)62(53,70)71/h14-17,20-23,26,30-31,38-39,41,54H,18-19,24-25,27-29H2,1-13H3,(H,72,81)/t38-,39+,41-/m0/s1. The number of anilines is 1. The van der Waals surface area contributed by atoms with Crippen molar-refractivity contribution in [1.82, 2.24) is 39.4 Å². The molecule has 0 aliphatic heterocycles. The second-order valence-corrected chi connectivity index (χ2v) is 29.4. The number of nitrogens with one attached hydrogen (secondary N) is 1. The second kappa shape index (κ2) is 25.9. The van der Waals surface area contributed by atoms with Crippen LogP contribution in [0.15, 0.2) is 59.4 Å². The number of hydrogen-bond acceptors (Lipinski definition) is 16. The molecule has 1 saturated carbocycles. The molecule has 0 spiro atoms. The number of alkyl halides is 6. The van der Waals surface area contributed by atoms with Gasteiger partial charge in [-0.15, -0.1) is 0 Å². The number of phosphoric ester groups is 1. The highest BCUT2D eigenvalue weighted by Gasteiger charge is 2.67. The van der Waals surface area contributed by atoms with Crippen LogP contribution in [0.3, 0.4) is 0 Å². The van der Waals surface area contributed by atoms with Crippen LogP contribution >= 0.6 is 19.4 Å². The molecular weight excluding hydrogens is 1310 g/mol. The Labute approximate surface area is 540 Å². The minimum Gasteiger partial charge on any atom is -0.477 e. The molecule has 3 atom stereocenters. The molecule has 2 amide bonds. The number of aryl methyl sites for hydroxylation is 2. The Morgan fingerprint density at radius 1 is 0.926 bits per heavy atom. The maximum Gasteiger partial charge on any atom is 0.530 e. The van der Waals surface area contributed by atoms with E-state index in [-0.39, 0.29) is 61.7 Å². The van der Waals surface area contributed by atoms with E-state index in [1.807, 2.05) is 0 Å². The summed E-state index contributed by atoms with van der Waals surface area (Å²) in [6, 6.07) is 8.28. The summed E-state index contributed by atoms with van der Waals surface area (Å²) in [7, 11) is -8.08. The topological polar surface area (TPSA) is 247 Å². The molecule has 32 heteroatoms. The van der Waals surface area contributed by atoms with Gasteiger partial charge >= 0.3 is 13.8 Å². The number of amides is 2. The van der Waals surface area contributed by atoms with Gasteiger partial charge in [-0.2, -0.15) is 28.3 Å². The maximum atomic E-state index is 15.9. The van der Waals surface area contributed by atoms with Gasteiger partial charge in [0.15, 0.2) is 11.5 Å². The minimum absolute atomic E-state index is 0.0896. The fraction of sp³-hybridized carbons (Fsp3) is 0.484. The second-order valence-electron chi connectivity index (χ2n) is 25.7. The number of halogens is 9. The third-order valence-corrected chi connectivity index (χ3v) is 18.3. The van der Waals surface area contributed by atoms with Gasteiger partial charge in [0.1, 0.15) is 46.7 Å². The Hall–Kier alpha value is -7.53. The van der Waals surface area contributed by atoms with Crippen LogP contribution < -0.4 is 24.4 Å². The minimum atomic E-state index is -4.83. The summed E-state index contributed by atoms with van der Waals surface area (Å²) in [6.07, 6.45) is -6.82. The number of benzene rings is 3. The fourth-order valence-electron chi connectivity index (χ4n) is 11.8. The van der Waals surface area contributed by atoms with Crippen LogP contribution in [0.5, 0.6) is 11.6 Å². The lowest BCUT2D eigenvalue weighted by Crippen LogP contribution is -2.40. The number of carbonyl (C=O) groups excluding carboxylic acids is 3. The van der Waals surface area contributed by atoms with Crippen molar-refractivity contribution in [1.29, 1.82) is 0 Å². The third kappa shape index (κ3) is 15.2. The number of fused-ring (bicyclic) bond motifs is 5. The summed E-state index contributed by atoms with van der Waals surface area (Å²) < 4.78 is 194. The molecule has 0 unspecified atom stereocenters. The lowest BCUT2D eigenvalue weighted by molar-refractivity contribution is -0.154. The van der Waals surface area contributed by atoms with Gasteiger partial charge < -0.3 is 19.3 Å². The summed E-state index contributed by atoms with van der Waals surface area (Å²) in [4.78, 5) is 68.1. The molecule has 0 saturated heterocycles. The Kier molecular flexibility index (Phi) is 19.5. The first-order chi connectivity index (χ1) is 43.4. The molecule has 1 fully saturated rings. The molecule has 0 bridgehead atoms. The zero-order chi connectivity index (χ0) is 69.4. The van der Waals surface area contributed by atoms with Crippen LogP contribution in [0.1, 0.15) is 152 Å². The quantitative estimate of drug-likeness (QED) is 0.0317. The van der Waals surface area contributed by atoms with Crippen LogP contribution in [0.4, 0.5) is 40.9 Å². The first kappa shape index (κ1) is 70.8. The summed E-state index contributed by atoms with van der Waals surface area (Å²) >= 11 is 7.04. The van der Waals surface area contributed by atoms with E-state index in [1.165, 1.54) is 45.2 Å². The number of rotatable bonds is 25. The molecule has 7 aromatic rings. The number of carbonyl (C=O) groups is 3. The summed E-state index contributed by atoms with van der Waals surface area (Å²) in [6.45, 7) is 15.0. The van der Waals surface area contributed by atoms with Crippen LogP contribution in [0, 0.1) is 24.5 Å². The van der Waals surface area contributed by atoms with Crippen molar-refractivity contribution in [2.75, 3.05) is 17.2 Å². The van der Waals surface area contributed by atoms with Crippen molar-refractivity contribution in [3.63, 3.8) is 0 Å². The molecule has 1 N–H and O–H groups in total. The van der Waals surface area contributed by atoms with Gasteiger partial charge in [0, 0.05) is 60.9 Å². The number of phosphoric acid groups is 1. The van der Waals surface area contributed by atoms with Crippen molar-refractivity contribution >= 4 is 75.0 Å². The largest absolute Gasteiger partial charge is 0.530 e. The van der Waals surface area contributed by atoms with Crippen LogP contribution in [-0.4, -0.2) is 96.9 Å². The number of hydrogen-bond donors (Lipinski definition) is 1. The fourth-order valence-corrected chi connectivity index (χ4v) is 14.4. The van der Waals surface area contributed by atoms with E-state index in [2.05, 4.69) is 25.5 Å². The Balaban J connectivity index is 1.22. The first-order valence-corrected chi connectivity index (χ1v) is 33.3. The molecule has 2 aliphatic rings. The molecule has 21 nitrogen and oxygen atoms in total. The van der Waals surface area contributed by atoms with Crippen molar-refractivity contribution in [2.24, 2.45) is 13.0 Å². The number of pyridine rings is 1. The summed E-state index contributed by atoms with van der Waals surface area (Å²) in [5.41, 5.74) is -6.28. The molecule has 94 heavy (non-hydrogen) atoms. The molecule has 4 heterocycles. The lowest BCUT2D eigenvalue weighted by Gasteiger charge is -2.33. The van der Waals surface area contributed by atoms with Crippen molar-refractivity contribution in [2.45, 2.75) is 168 Å². The third-order valence-electron chi connectivity index (χ3n) is 15.1. The van der Waals surface area contributed by atoms with Crippen LogP contribution in [-0.2, 0) is 80.5 Å². The maximum absolute atomic E-state index is 15.9. The Morgan fingerprint density at radius 3 is 2.17 bits per heavy atom. The van der Waals surface area contributed by atoms with Crippen LogP contribution in [0.2, 0.25) is 5.02 Å². The zero-order valence-corrected chi connectivity index (χ0v) is 55.8. The van der Waals surface area contributed by atoms with Gasteiger partial charge in [0.25, 0.3) is 17.9 Å². The van der Waals surface area contributed by atoms with E-state index < -0.39 is 185 Å². The van der Waals surface area contributed by atoms with E-state index in [0.29, 0.717) is 33.8 Å². The zero-order valence-electron chi connectivity index (χ0n) is 53.3. The predicted molar refractivity (Wildman–Crippen MR) is 329 cm³/mol. The predicted octanol–water partition coefficient (Wildman–Crippen LogP) is 12.7.